The molecule has 1 atom stereocenters. The van der Waals surface area contributed by atoms with E-state index in [0.29, 0.717) is 23.7 Å². The lowest BCUT2D eigenvalue weighted by molar-refractivity contribution is -0.133. The van der Waals surface area contributed by atoms with Crippen LogP contribution in [0, 0.1) is 17.2 Å². The molecule has 0 spiro atoms. The average molecular weight is 479 g/mol. The summed E-state index contributed by atoms with van der Waals surface area (Å²) in [7, 11) is 0. The van der Waals surface area contributed by atoms with Crippen LogP contribution in [-0.2, 0) is 16.1 Å². The van der Waals surface area contributed by atoms with Gasteiger partial charge in [0.05, 0.1) is 9.55 Å². The smallest absolute Gasteiger partial charge is 0.269 e. The second kappa shape index (κ2) is 9.71. The van der Waals surface area contributed by atoms with Crippen LogP contribution >= 0.6 is 22.9 Å². The summed E-state index contributed by atoms with van der Waals surface area (Å²) in [6.07, 6.45) is 4.79. The normalized spacial score (nSPS) is 18.3. The van der Waals surface area contributed by atoms with Crippen molar-refractivity contribution in [2.75, 3.05) is 13.1 Å². The number of carbonyl (C=O) groups excluding carboxylic acids is 2. The SMILES string of the molecule is CC1CCCN(C(=O)Cn2c(=O)/c(=C\c3c(F)cccc3Cl)s/c2=C\C(=O)C(C)(C)C)C1. The Kier molecular flexibility index (Phi) is 7.40. The lowest BCUT2D eigenvalue weighted by atomic mass is 9.91. The van der Waals surface area contributed by atoms with Crippen molar-refractivity contribution in [3.05, 3.63) is 54.2 Å². The number of halogens is 2. The van der Waals surface area contributed by atoms with Crippen molar-refractivity contribution in [1.29, 1.82) is 0 Å². The predicted molar refractivity (Wildman–Crippen MR) is 127 cm³/mol. The molecule has 0 bridgehead atoms. The summed E-state index contributed by atoms with van der Waals surface area (Å²) in [6, 6.07) is 4.29. The molecule has 1 amide bonds. The fourth-order valence-electron chi connectivity index (χ4n) is 3.55. The van der Waals surface area contributed by atoms with Crippen LogP contribution in [0.1, 0.15) is 46.1 Å². The number of aromatic nitrogens is 1. The first-order chi connectivity index (χ1) is 15.0. The molecule has 0 radical (unpaired) electrons. The Morgan fingerprint density at radius 3 is 2.66 bits per heavy atom. The van der Waals surface area contributed by atoms with Crippen LogP contribution in [0.25, 0.3) is 12.2 Å². The minimum Gasteiger partial charge on any atom is -0.341 e. The summed E-state index contributed by atoms with van der Waals surface area (Å²) in [5.41, 5.74) is -0.985. The number of hydrogen-bond acceptors (Lipinski definition) is 4. The molecule has 2 aromatic rings. The second-order valence-electron chi connectivity index (χ2n) is 9.32. The summed E-state index contributed by atoms with van der Waals surface area (Å²) < 4.78 is 16.2. The summed E-state index contributed by atoms with van der Waals surface area (Å²) in [4.78, 5) is 40.6. The van der Waals surface area contributed by atoms with E-state index in [1.165, 1.54) is 28.9 Å². The molecule has 1 saturated heterocycles. The Bertz CT molecular complexity index is 1190. The maximum atomic E-state index is 14.3. The van der Waals surface area contributed by atoms with Crippen molar-refractivity contribution in [1.82, 2.24) is 9.47 Å². The Hall–Kier alpha value is -2.25. The van der Waals surface area contributed by atoms with E-state index < -0.39 is 16.8 Å². The number of benzene rings is 1. The van der Waals surface area contributed by atoms with E-state index >= 15 is 0 Å². The fourth-order valence-corrected chi connectivity index (χ4v) is 4.79. The number of nitrogens with zero attached hydrogens (tertiary/aromatic N) is 2. The van der Waals surface area contributed by atoms with E-state index in [1.54, 1.807) is 31.7 Å². The van der Waals surface area contributed by atoms with Crippen LogP contribution in [0.2, 0.25) is 5.02 Å². The van der Waals surface area contributed by atoms with E-state index in [0.717, 1.165) is 24.2 Å². The maximum Gasteiger partial charge on any atom is 0.269 e. The van der Waals surface area contributed by atoms with Gasteiger partial charge in [-0.3, -0.25) is 19.0 Å². The third kappa shape index (κ3) is 5.56. The number of likely N-dealkylation sites (tertiary alicyclic amines) is 1. The van der Waals surface area contributed by atoms with Crippen molar-refractivity contribution in [2.24, 2.45) is 11.3 Å². The number of amides is 1. The summed E-state index contributed by atoms with van der Waals surface area (Å²) in [5.74, 6) is -0.467. The molecule has 1 fully saturated rings. The zero-order chi connectivity index (χ0) is 23.6. The van der Waals surface area contributed by atoms with Gasteiger partial charge in [0.1, 0.15) is 17.0 Å². The molecule has 1 aliphatic heterocycles. The summed E-state index contributed by atoms with van der Waals surface area (Å²) in [6.45, 7) is 8.61. The lowest BCUT2D eigenvalue weighted by Gasteiger charge is -2.31. The van der Waals surface area contributed by atoms with Crippen LogP contribution in [-0.4, -0.2) is 34.2 Å². The minimum atomic E-state index is -0.643. The highest BCUT2D eigenvalue weighted by atomic mass is 35.5. The Morgan fingerprint density at radius 1 is 1.31 bits per heavy atom. The van der Waals surface area contributed by atoms with E-state index in [1.807, 2.05) is 0 Å². The van der Waals surface area contributed by atoms with Crippen LogP contribution in [0.15, 0.2) is 23.0 Å². The fraction of sp³-hybridized carbons (Fsp3) is 0.458. The number of carbonyl (C=O) groups is 2. The summed E-state index contributed by atoms with van der Waals surface area (Å²) >= 11 is 7.18. The highest BCUT2D eigenvalue weighted by Gasteiger charge is 2.23. The van der Waals surface area contributed by atoms with Crippen molar-refractivity contribution < 1.29 is 14.0 Å². The third-order valence-corrected chi connectivity index (χ3v) is 6.90. The quantitative estimate of drug-likeness (QED) is 0.678. The molecule has 5 nitrogen and oxygen atoms in total. The molecule has 1 aromatic heterocycles. The maximum absolute atomic E-state index is 14.3. The molecule has 0 aliphatic carbocycles. The zero-order valence-electron chi connectivity index (χ0n) is 18.8. The first-order valence-corrected chi connectivity index (χ1v) is 11.9. The van der Waals surface area contributed by atoms with Crippen LogP contribution in [0.3, 0.4) is 0 Å². The minimum absolute atomic E-state index is 0.101. The molecule has 8 heteroatoms. The van der Waals surface area contributed by atoms with Crippen LogP contribution in [0.5, 0.6) is 0 Å². The van der Waals surface area contributed by atoms with Gasteiger partial charge in [-0.2, -0.15) is 0 Å². The highest BCUT2D eigenvalue weighted by molar-refractivity contribution is 7.07. The predicted octanol–water partition coefficient (Wildman–Crippen LogP) is 3.19. The van der Waals surface area contributed by atoms with Crippen molar-refractivity contribution >= 4 is 46.8 Å². The molecule has 0 N–H and O–H groups in total. The molecule has 172 valence electrons. The Balaban J connectivity index is 2.11. The molecular weight excluding hydrogens is 451 g/mol. The van der Waals surface area contributed by atoms with Gasteiger partial charge in [-0.25, -0.2) is 4.39 Å². The van der Waals surface area contributed by atoms with E-state index in [4.69, 9.17) is 11.6 Å². The molecule has 2 heterocycles. The monoisotopic (exact) mass is 478 g/mol. The van der Waals surface area contributed by atoms with E-state index in [-0.39, 0.29) is 33.4 Å². The van der Waals surface area contributed by atoms with Crippen LogP contribution in [0.4, 0.5) is 4.39 Å². The van der Waals surface area contributed by atoms with Gasteiger partial charge in [0.15, 0.2) is 5.78 Å². The molecule has 1 aliphatic rings. The Morgan fingerprint density at radius 2 is 2.03 bits per heavy atom. The van der Waals surface area contributed by atoms with Gasteiger partial charge in [0.25, 0.3) is 5.56 Å². The van der Waals surface area contributed by atoms with Crippen molar-refractivity contribution in [3.8, 4) is 0 Å². The standard InChI is InChI=1S/C24H28ClFN2O3S/c1-15-7-6-10-27(13-15)21(30)14-28-22(12-20(29)24(2,3)4)32-19(23(28)31)11-16-17(25)8-5-9-18(16)26/h5,8-9,11-12,15H,6-7,10,13-14H2,1-4H3/b19-11+,22-12-. The first kappa shape index (κ1) is 24.4. The number of piperidine rings is 1. The number of rotatable bonds is 4. The van der Waals surface area contributed by atoms with Gasteiger partial charge in [0, 0.05) is 30.1 Å². The second-order valence-corrected chi connectivity index (χ2v) is 10.8. The van der Waals surface area contributed by atoms with Crippen LogP contribution < -0.4 is 14.8 Å². The largest absolute Gasteiger partial charge is 0.341 e. The number of hydrogen-bond donors (Lipinski definition) is 0. The molecular formula is C24H28ClFN2O3S. The van der Waals surface area contributed by atoms with Gasteiger partial charge >= 0.3 is 0 Å². The van der Waals surface area contributed by atoms with Gasteiger partial charge in [0.2, 0.25) is 5.91 Å². The molecule has 0 saturated carbocycles. The molecule has 3 rings (SSSR count). The average Bonchev–Trinajstić information content (AvgIpc) is 2.99. The van der Waals surface area contributed by atoms with Gasteiger partial charge in [-0.05, 0) is 37.0 Å². The highest BCUT2D eigenvalue weighted by Crippen LogP contribution is 2.19. The van der Waals surface area contributed by atoms with E-state index in [9.17, 15) is 18.8 Å². The van der Waals surface area contributed by atoms with Crippen molar-refractivity contribution in [2.45, 2.75) is 47.1 Å². The first-order valence-electron chi connectivity index (χ1n) is 10.7. The molecule has 1 aromatic carbocycles. The molecule has 32 heavy (non-hydrogen) atoms. The lowest BCUT2D eigenvalue weighted by Crippen LogP contribution is -2.44. The summed E-state index contributed by atoms with van der Waals surface area (Å²) in [5, 5.41) is 0.180. The van der Waals surface area contributed by atoms with Crippen molar-refractivity contribution in [3.63, 3.8) is 0 Å². The Labute approximate surface area is 195 Å². The number of thiazole rings is 1. The third-order valence-electron chi connectivity index (χ3n) is 5.51. The van der Waals surface area contributed by atoms with Gasteiger partial charge in [-0.15, -0.1) is 11.3 Å². The number of ketones is 1. The molecule has 1 unspecified atom stereocenters. The van der Waals surface area contributed by atoms with Gasteiger partial charge < -0.3 is 4.90 Å². The number of Topliss-reactive ketones (excluding diaryl/α,β-unsaturated/α-hetero) is 1. The topological polar surface area (TPSA) is 59.4 Å². The van der Waals surface area contributed by atoms with E-state index in [2.05, 4.69) is 6.92 Å². The zero-order valence-corrected chi connectivity index (χ0v) is 20.4. The van der Waals surface area contributed by atoms with Gasteiger partial charge in [-0.1, -0.05) is 45.4 Å².